The number of nitrogens with zero attached hydrogens (tertiary/aromatic N) is 2. The highest BCUT2D eigenvalue weighted by molar-refractivity contribution is 5.77. The van der Waals surface area contributed by atoms with E-state index in [1.54, 1.807) is 36.3 Å². The number of carboxylic acid groups (broad SMARTS) is 1. The number of imidazole rings is 1. The molecule has 0 amide bonds. The van der Waals surface area contributed by atoms with E-state index in [2.05, 4.69) is 9.97 Å². The molecule has 2 aromatic rings. The number of methoxy groups -OCH3 is 2. The number of hydrogen-bond donors (Lipinski definition) is 2. The highest BCUT2D eigenvalue weighted by Gasteiger charge is 2.29. The van der Waals surface area contributed by atoms with Crippen molar-refractivity contribution in [3.63, 3.8) is 0 Å². The molecule has 0 aliphatic carbocycles. The first kappa shape index (κ1) is 16.8. The lowest BCUT2D eigenvalue weighted by Crippen LogP contribution is -2.31. The molecule has 0 spiro atoms. The van der Waals surface area contributed by atoms with Gasteiger partial charge >= 0.3 is 5.97 Å². The van der Waals surface area contributed by atoms with Crippen LogP contribution >= 0.6 is 0 Å². The zero-order valence-electron chi connectivity index (χ0n) is 13.7. The molecule has 0 aliphatic rings. The van der Waals surface area contributed by atoms with Crippen molar-refractivity contribution in [3.05, 3.63) is 41.5 Å². The highest BCUT2D eigenvalue weighted by atomic mass is 16.5. The topological polar surface area (TPSA) is 87.7 Å². The van der Waals surface area contributed by atoms with Gasteiger partial charge in [0, 0.05) is 17.5 Å². The Morgan fingerprint density at radius 3 is 2.65 bits per heavy atom. The Balaban J connectivity index is 2.36. The molecule has 0 unspecified atom stereocenters. The molecule has 124 valence electrons. The van der Waals surface area contributed by atoms with Crippen LogP contribution in [0.2, 0.25) is 0 Å². The van der Waals surface area contributed by atoms with Gasteiger partial charge in [-0.05, 0) is 20.0 Å². The minimum atomic E-state index is -0.970. The third-order valence-corrected chi connectivity index (χ3v) is 3.56. The first-order valence-electron chi connectivity index (χ1n) is 7.12. The number of H-pyrrole nitrogens is 1. The van der Waals surface area contributed by atoms with E-state index in [9.17, 15) is 9.90 Å². The number of aliphatic carboxylic acids is 1. The number of carboxylic acids is 1. The van der Waals surface area contributed by atoms with Crippen molar-refractivity contribution in [1.82, 2.24) is 14.9 Å². The number of benzene rings is 1. The molecular weight excluding hydrogens is 298 g/mol. The molecule has 1 heterocycles. The van der Waals surface area contributed by atoms with E-state index in [4.69, 9.17) is 9.47 Å². The molecule has 0 aliphatic heterocycles. The fraction of sp³-hybridized carbons (Fsp3) is 0.375. The van der Waals surface area contributed by atoms with Crippen molar-refractivity contribution >= 4 is 5.97 Å². The number of aromatic nitrogens is 2. The van der Waals surface area contributed by atoms with Crippen molar-refractivity contribution in [1.29, 1.82) is 0 Å². The second-order valence-corrected chi connectivity index (χ2v) is 5.25. The van der Waals surface area contributed by atoms with Crippen LogP contribution in [0.4, 0.5) is 0 Å². The Kier molecular flexibility index (Phi) is 5.23. The predicted molar refractivity (Wildman–Crippen MR) is 84.7 cm³/mol. The monoisotopic (exact) mass is 319 g/mol. The molecule has 1 atom stereocenters. The Morgan fingerprint density at radius 1 is 1.39 bits per heavy atom. The van der Waals surface area contributed by atoms with Gasteiger partial charge in [-0.2, -0.15) is 0 Å². The van der Waals surface area contributed by atoms with E-state index in [1.165, 1.54) is 14.2 Å². The normalized spacial score (nSPS) is 12.2. The average molecular weight is 319 g/mol. The largest absolute Gasteiger partial charge is 0.493 e. The molecule has 23 heavy (non-hydrogen) atoms. The van der Waals surface area contributed by atoms with Gasteiger partial charge in [-0.15, -0.1) is 0 Å². The predicted octanol–water partition coefficient (Wildman–Crippen LogP) is 1.99. The van der Waals surface area contributed by atoms with Gasteiger partial charge in [0.05, 0.1) is 20.8 Å². The minimum Gasteiger partial charge on any atom is -0.493 e. The van der Waals surface area contributed by atoms with Crippen LogP contribution < -0.4 is 9.47 Å². The van der Waals surface area contributed by atoms with Crippen molar-refractivity contribution in [2.24, 2.45) is 0 Å². The molecule has 0 saturated carbocycles. The average Bonchev–Trinajstić information content (AvgIpc) is 2.91. The van der Waals surface area contributed by atoms with Crippen LogP contribution in [0, 0.1) is 6.92 Å². The smallest absolute Gasteiger partial charge is 0.325 e. The number of hydrogen-bond acceptors (Lipinski definition) is 5. The molecule has 1 aromatic heterocycles. The maximum Gasteiger partial charge on any atom is 0.325 e. The van der Waals surface area contributed by atoms with Gasteiger partial charge in [0.2, 0.25) is 0 Å². The standard InChI is InChI=1S/C16H21N3O4/c1-10-8-17-13(18-10)9-19(2)14(16(20)21)11-6-5-7-12(22-3)15(11)23-4/h5-8,14H,9H2,1-4H3,(H,17,18)(H,20,21)/t14-/m0/s1. The summed E-state index contributed by atoms with van der Waals surface area (Å²) in [6.07, 6.45) is 1.71. The molecule has 0 bridgehead atoms. The molecule has 2 N–H and O–H groups in total. The number of carbonyl (C=O) groups is 1. The van der Waals surface area contributed by atoms with E-state index in [0.717, 1.165) is 5.69 Å². The third kappa shape index (κ3) is 3.62. The lowest BCUT2D eigenvalue weighted by molar-refractivity contribution is -0.143. The second kappa shape index (κ2) is 7.15. The van der Waals surface area contributed by atoms with Gasteiger partial charge in [-0.3, -0.25) is 9.69 Å². The first-order valence-corrected chi connectivity index (χ1v) is 7.12. The second-order valence-electron chi connectivity index (χ2n) is 5.25. The molecule has 0 fully saturated rings. The fourth-order valence-corrected chi connectivity index (χ4v) is 2.56. The maximum absolute atomic E-state index is 11.8. The molecule has 0 radical (unpaired) electrons. The summed E-state index contributed by atoms with van der Waals surface area (Å²) in [5.41, 5.74) is 1.46. The van der Waals surface area contributed by atoms with Crippen LogP contribution in [-0.4, -0.2) is 47.2 Å². The van der Waals surface area contributed by atoms with Gasteiger partial charge in [0.1, 0.15) is 11.9 Å². The molecule has 2 rings (SSSR count). The third-order valence-electron chi connectivity index (χ3n) is 3.56. The van der Waals surface area contributed by atoms with Gasteiger partial charge in [0.25, 0.3) is 0 Å². The number of para-hydroxylation sites is 1. The number of rotatable bonds is 7. The number of aryl methyl sites for hydroxylation is 1. The van der Waals surface area contributed by atoms with E-state index < -0.39 is 12.0 Å². The number of ether oxygens (including phenoxy) is 2. The zero-order valence-corrected chi connectivity index (χ0v) is 13.7. The van der Waals surface area contributed by atoms with Crippen LogP contribution in [0.5, 0.6) is 11.5 Å². The van der Waals surface area contributed by atoms with Crippen molar-refractivity contribution in [2.75, 3.05) is 21.3 Å². The van der Waals surface area contributed by atoms with Crippen LogP contribution in [0.3, 0.4) is 0 Å². The molecule has 7 nitrogen and oxygen atoms in total. The molecular formula is C16H21N3O4. The number of nitrogens with one attached hydrogen (secondary N) is 1. The maximum atomic E-state index is 11.8. The van der Waals surface area contributed by atoms with Crippen molar-refractivity contribution in [3.8, 4) is 11.5 Å². The van der Waals surface area contributed by atoms with Gasteiger partial charge in [-0.25, -0.2) is 4.98 Å². The highest BCUT2D eigenvalue weighted by Crippen LogP contribution is 2.37. The van der Waals surface area contributed by atoms with E-state index in [0.29, 0.717) is 29.4 Å². The summed E-state index contributed by atoms with van der Waals surface area (Å²) in [6.45, 7) is 2.27. The van der Waals surface area contributed by atoms with Crippen molar-refractivity contribution in [2.45, 2.75) is 19.5 Å². The van der Waals surface area contributed by atoms with E-state index in [-0.39, 0.29) is 0 Å². The summed E-state index contributed by atoms with van der Waals surface area (Å²) in [4.78, 5) is 20.9. The summed E-state index contributed by atoms with van der Waals surface area (Å²) in [7, 11) is 4.75. The van der Waals surface area contributed by atoms with Gasteiger partial charge in [-0.1, -0.05) is 12.1 Å². The van der Waals surface area contributed by atoms with Gasteiger partial charge in [0.15, 0.2) is 11.5 Å². The van der Waals surface area contributed by atoms with E-state index in [1.807, 2.05) is 6.92 Å². The van der Waals surface area contributed by atoms with Crippen LogP contribution in [-0.2, 0) is 11.3 Å². The molecule has 0 saturated heterocycles. The summed E-state index contributed by atoms with van der Waals surface area (Å²) in [5, 5.41) is 9.70. The lowest BCUT2D eigenvalue weighted by Gasteiger charge is -2.26. The summed E-state index contributed by atoms with van der Waals surface area (Å²) >= 11 is 0. The Hall–Kier alpha value is -2.54. The SMILES string of the molecule is COc1cccc([C@@H](C(=O)O)N(C)Cc2ncc(C)[nH]2)c1OC. The van der Waals surface area contributed by atoms with Crippen molar-refractivity contribution < 1.29 is 19.4 Å². The number of likely N-dealkylation sites (N-methyl/N-ethyl adjacent to an activating group) is 1. The Labute approximate surface area is 134 Å². The van der Waals surface area contributed by atoms with Crippen LogP contribution in [0.1, 0.15) is 23.1 Å². The van der Waals surface area contributed by atoms with Gasteiger partial charge < -0.3 is 19.6 Å². The molecule has 7 heteroatoms. The quantitative estimate of drug-likeness (QED) is 0.811. The zero-order chi connectivity index (χ0) is 17.0. The lowest BCUT2D eigenvalue weighted by atomic mass is 10.0. The van der Waals surface area contributed by atoms with E-state index >= 15 is 0 Å². The van der Waals surface area contributed by atoms with Crippen LogP contribution in [0.15, 0.2) is 24.4 Å². The number of aromatic amines is 1. The first-order chi connectivity index (χ1) is 11.0. The summed E-state index contributed by atoms with van der Waals surface area (Å²) in [6, 6.07) is 4.32. The Bertz CT molecular complexity index is 684. The minimum absolute atomic E-state index is 0.366. The Morgan fingerprint density at radius 2 is 2.13 bits per heavy atom. The summed E-state index contributed by atoms with van der Waals surface area (Å²) in [5.74, 6) is 0.656. The van der Waals surface area contributed by atoms with Crippen LogP contribution in [0.25, 0.3) is 0 Å². The fourth-order valence-electron chi connectivity index (χ4n) is 2.56. The molecule has 1 aromatic carbocycles. The summed E-state index contributed by atoms with van der Waals surface area (Å²) < 4.78 is 10.6.